The largest absolute Gasteiger partial charge is 0.373 e. The molecule has 0 aromatic heterocycles. The Morgan fingerprint density at radius 1 is 1.60 bits per heavy atom. The van der Waals surface area contributed by atoms with E-state index < -0.39 is 0 Å². The Morgan fingerprint density at radius 3 is 3.20 bits per heavy atom. The maximum absolute atomic E-state index is 5.20. The Morgan fingerprint density at radius 2 is 2.60 bits per heavy atom. The maximum Gasteiger partial charge on any atom is 0.196 e. The highest BCUT2D eigenvalue weighted by atomic mass is 16.7. The molecule has 0 aromatic carbocycles. The Labute approximate surface area is 59.6 Å². The van der Waals surface area contributed by atoms with Crippen molar-refractivity contribution in [1.29, 1.82) is 0 Å². The van der Waals surface area contributed by atoms with E-state index in [1.807, 2.05) is 6.21 Å². The molecule has 0 aliphatic carbocycles. The maximum atomic E-state index is 5.20. The van der Waals surface area contributed by atoms with Crippen LogP contribution in [-0.4, -0.2) is 25.2 Å². The first-order valence-electron chi connectivity index (χ1n) is 3.57. The van der Waals surface area contributed by atoms with E-state index in [4.69, 9.17) is 4.84 Å². The predicted molar refractivity (Wildman–Crippen MR) is 37.5 cm³/mol. The van der Waals surface area contributed by atoms with Crippen molar-refractivity contribution < 1.29 is 4.84 Å². The van der Waals surface area contributed by atoms with Crippen LogP contribution in [0.4, 0.5) is 0 Å². The summed E-state index contributed by atoms with van der Waals surface area (Å²) in [6.45, 7) is 1.83. The van der Waals surface area contributed by atoms with Gasteiger partial charge in [0.1, 0.15) is 0 Å². The van der Waals surface area contributed by atoms with Gasteiger partial charge in [0.25, 0.3) is 0 Å². The fraction of sp³-hybridized carbons (Fsp3) is 0.833. The second-order valence-electron chi connectivity index (χ2n) is 2.68. The van der Waals surface area contributed by atoms with E-state index in [2.05, 4.69) is 15.8 Å². The van der Waals surface area contributed by atoms with Crippen LogP contribution in [0.3, 0.4) is 0 Å². The highest BCUT2D eigenvalue weighted by Gasteiger charge is 2.35. The Balaban J connectivity index is 2.00. The average molecular weight is 141 g/mol. The lowest BCUT2D eigenvalue weighted by Gasteiger charge is -2.31. The number of nitrogens with one attached hydrogen (secondary N) is 2. The van der Waals surface area contributed by atoms with Gasteiger partial charge in [-0.15, -0.1) is 0 Å². The first-order valence-corrected chi connectivity index (χ1v) is 3.57. The average Bonchev–Trinajstić information content (AvgIpc) is 2.39. The van der Waals surface area contributed by atoms with E-state index in [-0.39, 0.29) is 5.72 Å². The van der Waals surface area contributed by atoms with Gasteiger partial charge in [0, 0.05) is 32.3 Å². The molecule has 0 aromatic rings. The van der Waals surface area contributed by atoms with Crippen molar-refractivity contribution in [3.63, 3.8) is 0 Å². The fourth-order valence-electron chi connectivity index (χ4n) is 1.30. The van der Waals surface area contributed by atoms with Crippen LogP contribution in [0.25, 0.3) is 0 Å². The summed E-state index contributed by atoms with van der Waals surface area (Å²) in [6.07, 6.45) is 3.71. The smallest absolute Gasteiger partial charge is 0.196 e. The summed E-state index contributed by atoms with van der Waals surface area (Å²) in [7, 11) is 0. The van der Waals surface area contributed by atoms with Crippen LogP contribution in [0, 0.1) is 0 Å². The Kier molecular flexibility index (Phi) is 1.35. The summed E-state index contributed by atoms with van der Waals surface area (Å²) in [4.78, 5) is 5.20. The van der Waals surface area contributed by atoms with Gasteiger partial charge < -0.3 is 10.2 Å². The van der Waals surface area contributed by atoms with E-state index >= 15 is 0 Å². The number of oxime groups is 1. The molecule has 1 saturated heterocycles. The third kappa shape index (κ3) is 0.892. The number of hydrogen-bond donors (Lipinski definition) is 2. The van der Waals surface area contributed by atoms with Gasteiger partial charge in [-0.1, -0.05) is 5.16 Å². The molecule has 0 bridgehead atoms. The van der Waals surface area contributed by atoms with Gasteiger partial charge in [-0.3, -0.25) is 5.32 Å². The van der Waals surface area contributed by atoms with Crippen molar-refractivity contribution in [3.05, 3.63) is 0 Å². The zero-order chi connectivity index (χ0) is 6.86. The minimum Gasteiger partial charge on any atom is -0.373 e. The summed E-state index contributed by atoms with van der Waals surface area (Å²) < 4.78 is 0. The van der Waals surface area contributed by atoms with Gasteiger partial charge in [0.05, 0.1) is 0 Å². The van der Waals surface area contributed by atoms with Crippen molar-refractivity contribution in [3.8, 4) is 0 Å². The summed E-state index contributed by atoms with van der Waals surface area (Å²) in [5, 5.41) is 10.2. The quantitative estimate of drug-likeness (QED) is 0.484. The molecule has 2 rings (SSSR count). The summed E-state index contributed by atoms with van der Waals surface area (Å²) in [5.74, 6) is 0. The summed E-state index contributed by atoms with van der Waals surface area (Å²) >= 11 is 0. The van der Waals surface area contributed by atoms with Crippen molar-refractivity contribution in [2.24, 2.45) is 5.16 Å². The number of rotatable bonds is 0. The third-order valence-corrected chi connectivity index (χ3v) is 1.96. The van der Waals surface area contributed by atoms with Gasteiger partial charge in [-0.05, 0) is 0 Å². The molecule has 10 heavy (non-hydrogen) atoms. The topological polar surface area (TPSA) is 45.6 Å². The lowest BCUT2D eigenvalue weighted by atomic mass is 10.1. The molecular weight excluding hydrogens is 130 g/mol. The van der Waals surface area contributed by atoms with Gasteiger partial charge in [0.2, 0.25) is 0 Å². The molecule has 2 heterocycles. The molecule has 0 saturated carbocycles. The van der Waals surface area contributed by atoms with Crippen LogP contribution < -0.4 is 10.6 Å². The monoisotopic (exact) mass is 141 g/mol. The third-order valence-electron chi connectivity index (χ3n) is 1.96. The first-order chi connectivity index (χ1) is 4.91. The normalized spacial score (nSPS) is 38.4. The van der Waals surface area contributed by atoms with Crippen LogP contribution >= 0.6 is 0 Å². The van der Waals surface area contributed by atoms with Gasteiger partial charge in [-0.25, -0.2) is 0 Å². The first kappa shape index (κ1) is 6.12. The lowest BCUT2D eigenvalue weighted by Crippen LogP contribution is -2.55. The van der Waals surface area contributed by atoms with E-state index in [0.29, 0.717) is 0 Å². The van der Waals surface area contributed by atoms with E-state index in [0.717, 1.165) is 26.1 Å². The van der Waals surface area contributed by atoms with Crippen LogP contribution in [-0.2, 0) is 4.84 Å². The van der Waals surface area contributed by atoms with Crippen LogP contribution in [0.1, 0.15) is 12.8 Å². The molecule has 56 valence electrons. The minimum absolute atomic E-state index is 0.161. The van der Waals surface area contributed by atoms with Crippen molar-refractivity contribution in [1.82, 2.24) is 10.6 Å². The highest BCUT2D eigenvalue weighted by molar-refractivity contribution is 5.59. The second kappa shape index (κ2) is 2.21. The van der Waals surface area contributed by atoms with Gasteiger partial charge >= 0.3 is 0 Å². The lowest BCUT2D eigenvalue weighted by molar-refractivity contribution is -0.0634. The van der Waals surface area contributed by atoms with E-state index in [9.17, 15) is 0 Å². The minimum atomic E-state index is -0.161. The van der Waals surface area contributed by atoms with Crippen LogP contribution in [0.2, 0.25) is 0 Å². The highest BCUT2D eigenvalue weighted by Crippen LogP contribution is 2.21. The Hall–Kier alpha value is -0.610. The summed E-state index contributed by atoms with van der Waals surface area (Å²) in [6, 6.07) is 0. The van der Waals surface area contributed by atoms with Gasteiger partial charge in [0.15, 0.2) is 5.72 Å². The predicted octanol–water partition coefficient (Wildman–Crippen LogP) is -0.371. The molecule has 1 fully saturated rings. The molecule has 4 heteroatoms. The zero-order valence-electron chi connectivity index (χ0n) is 5.76. The molecule has 2 aliphatic rings. The van der Waals surface area contributed by atoms with Crippen LogP contribution in [0.5, 0.6) is 0 Å². The van der Waals surface area contributed by atoms with Crippen molar-refractivity contribution in [2.75, 3.05) is 13.2 Å². The van der Waals surface area contributed by atoms with Crippen molar-refractivity contribution in [2.45, 2.75) is 18.6 Å². The summed E-state index contributed by atoms with van der Waals surface area (Å²) in [5.41, 5.74) is -0.161. The molecule has 1 unspecified atom stereocenters. The molecule has 0 amide bonds. The molecule has 2 N–H and O–H groups in total. The molecule has 4 nitrogen and oxygen atoms in total. The molecule has 2 aliphatic heterocycles. The Bertz CT molecular complexity index is 141. The molecule has 1 spiro atoms. The van der Waals surface area contributed by atoms with E-state index in [1.165, 1.54) is 0 Å². The molecule has 0 radical (unpaired) electrons. The standard InChI is InChI=1S/C6H11N3O/c1-3-7-5-8-6(1)2-4-9-10-6/h4,7-8H,1-3,5H2. The zero-order valence-corrected chi connectivity index (χ0v) is 5.76. The van der Waals surface area contributed by atoms with Crippen LogP contribution in [0.15, 0.2) is 5.16 Å². The fourth-order valence-corrected chi connectivity index (χ4v) is 1.30. The number of hydrogen-bond acceptors (Lipinski definition) is 4. The molecular formula is C6H11N3O. The van der Waals surface area contributed by atoms with Gasteiger partial charge in [-0.2, -0.15) is 0 Å². The number of nitrogens with zero attached hydrogens (tertiary/aromatic N) is 1. The van der Waals surface area contributed by atoms with E-state index in [1.54, 1.807) is 0 Å². The van der Waals surface area contributed by atoms with Crippen molar-refractivity contribution >= 4 is 6.21 Å². The SMILES string of the molecule is C1=NOC2(C1)CCNCN2. The second-order valence-corrected chi connectivity index (χ2v) is 2.68. The molecule has 1 atom stereocenters.